The first kappa shape index (κ1) is 14.7. The number of halogens is 1. The first-order chi connectivity index (χ1) is 8.65. The van der Waals surface area contributed by atoms with Gasteiger partial charge in [-0.1, -0.05) is 18.5 Å². The zero-order valence-corrected chi connectivity index (χ0v) is 11.0. The van der Waals surface area contributed by atoms with Crippen LogP contribution in [0.25, 0.3) is 6.08 Å². The Morgan fingerprint density at radius 2 is 2.44 bits per heavy atom. The molecule has 0 bridgehead atoms. The molecular formula is C13H17ClN2O2. The Labute approximate surface area is 112 Å². The molecule has 0 aromatic carbocycles. The summed E-state index contributed by atoms with van der Waals surface area (Å²) in [5.74, 6) is -0.178. The molecule has 4 nitrogen and oxygen atoms in total. The molecule has 0 saturated carbocycles. The second kappa shape index (κ2) is 7.84. The Morgan fingerprint density at radius 3 is 3.06 bits per heavy atom. The van der Waals surface area contributed by atoms with E-state index in [9.17, 15) is 4.79 Å². The van der Waals surface area contributed by atoms with Gasteiger partial charge in [-0.3, -0.25) is 4.79 Å². The lowest BCUT2D eigenvalue weighted by Gasteiger charge is -2.13. The van der Waals surface area contributed by atoms with Gasteiger partial charge in [-0.15, -0.1) is 0 Å². The van der Waals surface area contributed by atoms with Crippen LogP contribution in [0, 0.1) is 0 Å². The largest absolute Gasteiger partial charge is 0.396 e. The summed E-state index contributed by atoms with van der Waals surface area (Å²) in [6, 6.07) is 3.45. The smallest absolute Gasteiger partial charge is 0.244 e. The average Bonchev–Trinajstić information content (AvgIpc) is 2.36. The summed E-state index contributed by atoms with van der Waals surface area (Å²) in [6.45, 7) is 2.04. The number of nitrogens with one attached hydrogen (secondary N) is 1. The molecule has 0 aliphatic rings. The molecule has 1 amide bonds. The molecule has 1 atom stereocenters. The van der Waals surface area contributed by atoms with Gasteiger partial charge in [0.2, 0.25) is 5.91 Å². The lowest BCUT2D eigenvalue weighted by molar-refractivity contribution is -0.117. The predicted octanol–water partition coefficient (Wildman–Crippen LogP) is 2.03. The van der Waals surface area contributed by atoms with Gasteiger partial charge in [-0.25, -0.2) is 4.98 Å². The normalized spacial score (nSPS) is 12.6. The van der Waals surface area contributed by atoms with E-state index in [1.807, 2.05) is 6.92 Å². The maximum absolute atomic E-state index is 11.6. The number of carbonyl (C=O) groups is 1. The van der Waals surface area contributed by atoms with E-state index in [1.54, 1.807) is 24.4 Å². The van der Waals surface area contributed by atoms with E-state index in [4.69, 9.17) is 16.7 Å². The third-order valence-electron chi connectivity index (χ3n) is 2.49. The highest BCUT2D eigenvalue weighted by Gasteiger charge is 2.06. The molecule has 0 radical (unpaired) electrons. The molecule has 98 valence electrons. The van der Waals surface area contributed by atoms with Crippen LogP contribution in [-0.4, -0.2) is 28.6 Å². The number of hydrogen-bond acceptors (Lipinski definition) is 3. The molecule has 0 spiro atoms. The summed E-state index contributed by atoms with van der Waals surface area (Å²) in [6.07, 6.45) is 6.07. The molecule has 1 unspecified atom stereocenters. The second-order valence-corrected chi connectivity index (χ2v) is 4.26. The highest BCUT2D eigenvalue weighted by atomic mass is 35.5. The van der Waals surface area contributed by atoms with Crippen molar-refractivity contribution in [3.63, 3.8) is 0 Å². The van der Waals surface area contributed by atoms with Crippen LogP contribution >= 0.6 is 11.6 Å². The Kier molecular flexibility index (Phi) is 6.39. The van der Waals surface area contributed by atoms with E-state index in [0.29, 0.717) is 11.6 Å². The summed E-state index contributed by atoms with van der Waals surface area (Å²) >= 11 is 5.73. The number of rotatable bonds is 6. The van der Waals surface area contributed by atoms with Crippen LogP contribution in [0.2, 0.25) is 5.15 Å². The summed E-state index contributed by atoms with van der Waals surface area (Å²) in [7, 11) is 0. The molecule has 2 N–H and O–H groups in total. The topological polar surface area (TPSA) is 62.2 Å². The highest BCUT2D eigenvalue weighted by molar-refractivity contribution is 6.29. The van der Waals surface area contributed by atoms with Gasteiger partial charge in [0.25, 0.3) is 0 Å². The van der Waals surface area contributed by atoms with Gasteiger partial charge in [0.05, 0.1) is 0 Å². The maximum atomic E-state index is 11.6. The monoisotopic (exact) mass is 268 g/mol. The van der Waals surface area contributed by atoms with Crippen molar-refractivity contribution >= 4 is 23.6 Å². The number of carbonyl (C=O) groups excluding carboxylic acids is 1. The van der Waals surface area contributed by atoms with Gasteiger partial charge < -0.3 is 10.4 Å². The fourth-order valence-electron chi connectivity index (χ4n) is 1.48. The maximum Gasteiger partial charge on any atom is 0.244 e. The van der Waals surface area contributed by atoms with Gasteiger partial charge in [0.15, 0.2) is 0 Å². The number of amides is 1. The van der Waals surface area contributed by atoms with Gasteiger partial charge in [-0.05, 0) is 36.6 Å². The predicted molar refractivity (Wildman–Crippen MR) is 72.2 cm³/mol. The third-order valence-corrected chi connectivity index (χ3v) is 2.70. The molecule has 0 fully saturated rings. The summed E-state index contributed by atoms with van der Waals surface area (Å²) in [4.78, 5) is 15.5. The van der Waals surface area contributed by atoms with Gasteiger partial charge in [0.1, 0.15) is 5.15 Å². The molecular weight excluding hydrogens is 252 g/mol. The van der Waals surface area contributed by atoms with Crippen LogP contribution in [0.5, 0.6) is 0 Å². The van der Waals surface area contributed by atoms with E-state index in [0.717, 1.165) is 12.0 Å². The standard InChI is InChI=1S/C13H17ClN2O2/c1-2-11(6-8-17)16-13(18)4-3-10-5-7-15-12(14)9-10/h3-5,7,9,11,17H,2,6,8H2,1H3,(H,16,18)/b4-3+. The molecule has 1 heterocycles. The number of hydrogen-bond donors (Lipinski definition) is 2. The van der Waals surface area contributed by atoms with Crippen molar-refractivity contribution < 1.29 is 9.90 Å². The number of aromatic nitrogens is 1. The fourth-order valence-corrected chi connectivity index (χ4v) is 1.66. The quantitative estimate of drug-likeness (QED) is 0.613. The van der Waals surface area contributed by atoms with E-state index < -0.39 is 0 Å². The molecule has 0 saturated heterocycles. The van der Waals surface area contributed by atoms with Crippen molar-refractivity contribution in [1.29, 1.82) is 0 Å². The molecule has 1 aromatic heterocycles. The average molecular weight is 269 g/mol. The van der Waals surface area contributed by atoms with E-state index in [1.165, 1.54) is 6.08 Å². The molecule has 18 heavy (non-hydrogen) atoms. The molecule has 5 heteroatoms. The van der Waals surface area contributed by atoms with Crippen LogP contribution in [0.15, 0.2) is 24.4 Å². The molecule has 1 aromatic rings. The highest BCUT2D eigenvalue weighted by Crippen LogP contribution is 2.08. The minimum absolute atomic E-state index is 0.00757. The van der Waals surface area contributed by atoms with Crippen molar-refractivity contribution in [3.05, 3.63) is 35.1 Å². The fraction of sp³-hybridized carbons (Fsp3) is 0.385. The van der Waals surface area contributed by atoms with Crippen molar-refractivity contribution in [2.24, 2.45) is 0 Å². The van der Waals surface area contributed by atoms with Gasteiger partial charge >= 0.3 is 0 Å². The number of aliphatic hydroxyl groups is 1. The van der Waals surface area contributed by atoms with Crippen molar-refractivity contribution in [3.8, 4) is 0 Å². The van der Waals surface area contributed by atoms with Crippen molar-refractivity contribution in [2.75, 3.05) is 6.61 Å². The molecule has 1 rings (SSSR count). The zero-order valence-electron chi connectivity index (χ0n) is 10.3. The zero-order chi connectivity index (χ0) is 13.4. The SMILES string of the molecule is CCC(CCO)NC(=O)/C=C/c1ccnc(Cl)c1. The van der Waals surface area contributed by atoms with Crippen LogP contribution in [0.3, 0.4) is 0 Å². The van der Waals surface area contributed by atoms with Crippen LogP contribution < -0.4 is 5.32 Å². The van der Waals surface area contributed by atoms with E-state index in [2.05, 4.69) is 10.3 Å². The van der Waals surface area contributed by atoms with Crippen molar-refractivity contribution in [1.82, 2.24) is 10.3 Å². The number of nitrogens with zero attached hydrogens (tertiary/aromatic N) is 1. The lowest BCUT2D eigenvalue weighted by atomic mass is 10.1. The summed E-state index contributed by atoms with van der Waals surface area (Å²) < 4.78 is 0. The van der Waals surface area contributed by atoms with Gasteiger partial charge in [-0.2, -0.15) is 0 Å². The Bertz CT molecular complexity index is 421. The number of pyridine rings is 1. The Balaban J connectivity index is 2.53. The minimum atomic E-state index is -0.178. The van der Waals surface area contributed by atoms with Gasteiger partial charge in [0, 0.05) is 24.9 Å². The minimum Gasteiger partial charge on any atom is -0.396 e. The Hall–Kier alpha value is -1.39. The van der Waals surface area contributed by atoms with E-state index >= 15 is 0 Å². The van der Waals surface area contributed by atoms with Crippen molar-refractivity contribution in [2.45, 2.75) is 25.8 Å². The molecule has 0 aliphatic heterocycles. The Morgan fingerprint density at radius 1 is 1.67 bits per heavy atom. The first-order valence-corrected chi connectivity index (χ1v) is 6.24. The lowest BCUT2D eigenvalue weighted by Crippen LogP contribution is -2.33. The van der Waals surface area contributed by atoms with Crippen LogP contribution in [0.1, 0.15) is 25.3 Å². The first-order valence-electron chi connectivity index (χ1n) is 5.86. The summed E-state index contributed by atoms with van der Waals surface area (Å²) in [5, 5.41) is 12.0. The summed E-state index contributed by atoms with van der Waals surface area (Å²) in [5.41, 5.74) is 0.820. The molecule has 0 aliphatic carbocycles. The number of aliphatic hydroxyl groups excluding tert-OH is 1. The second-order valence-electron chi connectivity index (χ2n) is 3.87. The van der Waals surface area contributed by atoms with E-state index in [-0.39, 0.29) is 18.6 Å². The third kappa shape index (κ3) is 5.29. The van der Waals surface area contributed by atoms with Crippen LogP contribution in [0.4, 0.5) is 0 Å². The van der Waals surface area contributed by atoms with Crippen LogP contribution in [-0.2, 0) is 4.79 Å².